The molecule has 0 aliphatic rings. The molecule has 2 aromatic rings. The third-order valence-corrected chi connectivity index (χ3v) is 5.52. The molecule has 0 fully saturated rings. The molecule has 0 saturated carbocycles. The van der Waals surface area contributed by atoms with Crippen molar-refractivity contribution in [3.63, 3.8) is 0 Å². The van der Waals surface area contributed by atoms with E-state index in [1.165, 1.54) is 5.57 Å². The zero-order valence-electron chi connectivity index (χ0n) is 17.3. The van der Waals surface area contributed by atoms with E-state index in [0.29, 0.717) is 0 Å². The van der Waals surface area contributed by atoms with Crippen LogP contribution in [0, 0.1) is 0 Å². The van der Waals surface area contributed by atoms with Gasteiger partial charge in [0.1, 0.15) is 11.9 Å². The SMILES string of the molecule is C/C=C(Br)\C=C(\C)CC(CC)Oc1ccc(C(CC(=O)O)c2ccccc2)cc1. The Bertz CT molecular complexity index is 838. The summed E-state index contributed by atoms with van der Waals surface area (Å²) in [6.07, 6.45) is 6.05. The van der Waals surface area contributed by atoms with E-state index in [4.69, 9.17) is 4.74 Å². The Balaban J connectivity index is 2.13. The maximum atomic E-state index is 11.4. The first-order valence-electron chi connectivity index (χ1n) is 9.95. The van der Waals surface area contributed by atoms with Gasteiger partial charge >= 0.3 is 5.97 Å². The van der Waals surface area contributed by atoms with Gasteiger partial charge in [-0.2, -0.15) is 0 Å². The Morgan fingerprint density at radius 1 is 1.07 bits per heavy atom. The number of rotatable bonds is 10. The van der Waals surface area contributed by atoms with Gasteiger partial charge in [-0.3, -0.25) is 4.79 Å². The molecule has 2 atom stereocenters. The highest BCUT2D eigenvalue weighted by molar-refractivity contribution is 9.11. The maximum absolute atomic E-state index is 11.4. The van der Waals surface area contributed by atoms with Gasteiger partial charge in [-0.25, -0.2) is 0 Å². The minimum Gasteiger partial charge on any atom is -0.490 e. The van der Waals surface area contributed by atoms with Gasteiger partial charge in [0.05, 0.1) is 6.42 Å². The Morgan fingerprint density at radius 3 is 2.24 bits per heavy atom. The van der Waals surface area contributed by atoms with Crippen LogP contribution in [0.2, 0.25) is 0 Å². The van der Waals surface area contributed by atoms with Gasteiger partial charge in [0.25, 0.3) is 0 Å². The molecule has 0 aliphatic heterocycles. The first-order valence-corrected chi connectivity index (χ1v) is 10.7. The molecule has 3 nitrogen and oxygen atoms in total. The summed E-state index contributed by atoms with van der Waals surface area (Å²) in [5, 5.41) is 9.34. The molecule has 2 unspecified atom stereocenters. The average Bonchev–Trinajstić information content (AvgIpc) is 2.72. The molecule has 0 spiro atoms. The highest BCUT2D eigenvalue weighted by atomic mass is 79.9. The summed E-state index contributed by atoms with van der Waals surface area (Å²) in [6.45, 7) is 6.22. The smallest absolute Gasteiger partial charge is 0.304 e. The number of carbonyl (C=O) groups is 1. The van der Waals surface area contributed by atoms with Gasteiger partial charge in [0, 0.05) is 16.8 Å². The quantitative estimate of drug-likeness (QED) is 0.388. The number of allylic oxidation sites excluding steroid dienone is 3. The van der Waals surface area contributed by atoms with Crippen LogP contribution in [-0.2, 0) is 4.79 Å². The van der Waals surface area contributed by atoms with E-state index < -0.39 is 5.97 Å². The number of hydrogen-bond acceptors (Lipinski definition) is 2. The van der Waals surface area contributed by atoms with Crippen molar-refractivity contribution in [3.05, 3.63) is 87.9 Å². The zero-order valence-corrected chi connectivity index (χ0v) is 18.9. The van der Waals surface area contributed by atoms with Gasteiger partial charge in [-0.1, -0.05) is 77.0 Å². The second-order valence-electron chi connectivity index (χ2n) is 7.15. The molecule has 0 aliphatic carbocycles. The third kappa shape index (κ3) is 7.54. The van der Waals surface area contributed by atoms with Crippen molar-refractivity contribution in [2.45, 2.75) is 52.1 Å². The monoisotopic (exact) mass is 456 g/mol. The number of carboxylic acids is 1. The van der Waals surface area contributed by atoms with E-state index in [1.54, 1.807) is 0 Å². The summed E-state index contributed by atoms with van der Waals surface area (Å²) in [4.78, 5) is 11.4. The Kier molecular flexibility index (Phi) is 9.20. The Hall–Kier alpha value is -2.33. The summed E-state index contributed by atoms with van der Waals surface area (Å²) in [6, 6.07) is 17.6. The molecule has 4 heteroatoms. The van der Waals surface area contributed by atoms with Gasteiger partial charge in [0.15, 0.2) is 0 Å². The number of benzene rings is 2. The minimum atomic E-state index is -0.806. The topological polar surface area (TPSA) is 46.5 Å². The van der Waals surface area contributed by atoms with E-state index in [0.717, 1.165) is 34.2 Å². The number of aliphatic carboxylic acids is 1. The average molecular weight is 457 g/mol. The molecule has 154 valence electrons. The van der Waals surface area contributed by atoms with Crippen molar-refractivity contribution in [2.75, 3.05) is 0 Å². The van der Waals surface area contributed by atoms with Crippen LogP contribution in [0.5, 0.6) is 5.75 Å². The lowest BCUT2D eigenvalue weighted by Gasteiger charge is -2.20. The van der Waals surface area contributed by atoms with Gasteiger partial charge in [-0.15, -0.1) is 0 Å². The number of carboxylic acid groups (broad SMARTS) is 1. The van der Waals surface area contributed by atoms with Crippen molar-refractivity contribution in [2.24, 2.45) is 0 Å². The van der Waals surface area contributed by atoms with E-state index in [9.17, 15) is 9.90 Å². The minimum absolute atomic E-state index is 0.0611. The van der Waals surface area contributed by atoms with Gasteiger partial charge < -0.3 is 9.84 Å². The van der Waals surface area contributed by atoms with Crippen LogP contribution in [0.25, 0.3) is 0 Å². The van der Waals surface area contributed by atoms with Crippen LogP contribution >= 0.6 is 15.9 Å². The van der Waals surface area contributed by atoms with Crippen molar-refractivity contribution < 1.29 is 14.6 Å². The molecule has 29 heavy (non-hydrogen) atoms. The second kappa shape index (κ2) is 11.6. The molecule has 0 saturated heterocycles. The molecule has 0 aromatic heterocycles. The fourth-order valence-electron chi connectivity index (χ4n) is 3.27. The molecule has 2 aromatic carbocycles. The molecule has 2 rings (SSSR count). The van der Waals surface area contributed by atoms with E-state index in [-0.39, 0.29) is 18.4 Å². The number of ether oxygens (including phenoxy) is 1. The Morgan fingerprint density at radius 2 is 1.69 bits per heavy atom. The van der Waals surface area contributed by atoms with Crippen LogP contribution in [0.15, 0.2) is 76.8 Å². The van der Waals surface area contributed by atoms with Crippen LogP contribution in [0.1, 0.15) is 57.1 Å². The summed E-state index contributed by atoms with van der Waals surface area (Å²) in [7, 11) is 0. The molecule has 1 N–H and O–H groups in total. The van der Waals surface area contributed by atoms with E-state index >= 15 is 0 Å². The molecule has 0 radical (unpaired) electrons. The highest BCUT2D eigenvalue weighted by Gasteiger charge is 2.18. The van der Waals surface area contributed by atoms with E-state index in [2.05, 4.69) is 35.9 Å². The third-order valence-electron chi connectivity index (χ3n) is 4.83. The molecule has 0 heterocycles. The van der Waals surface area contributed by atoms with Gasteiger partial charge in [0.2, 0.25) is 0 Å². The largest absolute Gasteiger partial charge is 0.490 e. The number of hydrogen-bond donors (Lipinski definition) is 1. The van der Waals surface area contributed by atoms with Crippen LogP contribution < -0.4 is 4.74 Å². The zero-order chi connectivity index (χ0) is 21.2. The summed E-state index contributed by atoms with van der Waals surface area (Å²) in [5.74, 6) is -0.173. The van der Waals surface area contributed by atoms with Crippen LogP contribution in [-0.4, -0.2) is 17.2 Å². The summed E-state index contributed by atoms with van der Waals surface area (Å²) in [5.41, 5.74) is 3.24. The van der Waals surface area contributed by atoms with Crippen LogP contribution in [0.4, 0.5) is 0 Å². The number of halogens is 1. The lowest BCUT2D eigenvalue weighted by Crippen LogP contribution is -2.16. The van der Waals surface area contributed by atoms with Crippen molar-refractivity contribution in [1.29, 1.82) is 0 Å². The predicted octanol–water partition coefficient (Wildman–Crippen LogP) is 7.09. The normalized spacial score (nSPS) is 14.3. The maximum Gasteiger partial charge on any atom is 0.304 e. The van der Waals surface area contributed by atoms with Gasteiger partial charge in [-0.05, 0) is 49.6 Å². The lowest BCUT2D eigenvalue weighted by molar-refractivity contribution is -0.137. The fraction of sp³-hybridized carbons (Fsp3) is 0.320. The van der Waals surface area contributed by atoms with Crippen LogP contribution in [0.3, 0.4) is 0 Å². The van der Waals surface area contributed by atoms with E-state index in [1.807, 2.05) is 67.6 Å². The molecular weight excluding hydrogens is 428 g/mol. The predicted molar refractivity (Wildman–Crippen MR) is 123 cm³/mol. The van der Waals surface area contributed by atoms with Crippen molar-refractivity contribution in [3.8, 4) is 5.75 Å². The first kappa shape index (κ1) is 23.0. The first-order chi connectivity index (χ1) is 13.9. The standard InChI is InChI=1S/C25H29BrO3/c1-4-21(26)15-18(3)16-22(5-2)29-23-13-11-20(12-14-23)24(17-25(27)28)19-9-7-6-8-10-19/h4,6-15,22,24H,5,16-17H2,1-3H3,(H,27,28)/b18-15-,21-4+. The van der Waals surface area contributed by atoms with Crippen molar-refractivity contribution >= 4 is 21.9 Å². The lowest BCUT2D eigenvalue weighted by atomic mass is 9.88. The fourth-order valence-corrected chi connectivity index (χ4v) is 3.66. The Labute approximate surface area is 182 Å². The summed E-state index contributed by atoms with van der Waals surface area (Å²) >= 11 is 3.52. The molecule has 0 amide bonds. The molecular formula is C25H29BrO3. The molecule has 0 bridgehead atoms. The highest BCUT2D eigenvalue weighted by Crippen LogP contribution is 2.30. The second-order valence-corrected chi connectivity index (χ2v) is 8.06. The van der Waals surface area contributed by atoms with Crippen molar-refractivity contribution in [1.82, 2.24) is 0 Å². The summed E-state index contributed by atoms with van der Waals surface area (Å²) < 4.78 is 7.25.